The second-order valence-corrected chi connectivity index (χ2v) is 9.23. The summed E-state index contributed by atoms with van der Waals surface area (Å²) in [5, 5.41) is 7.27. The smallest absolute Gasteiger partial charge is 0.323 e. The first kappa shape index (κ1) is 24.9. The van der Waals surface area contributed by atoms with Crippen LogP contribution >= 0.6 is 0 Å². The zero-order valence-corrected chi connectivity index (χ0v) is 19.1. The van der Waals surface area contributed by atoms with E-state index in [1.54, 1.807) is 7.05 Å². The molecule has 0 amide bonds. The van der Waals surface area contributed by atoms with Gasteiger partial charge in [-0.15, -0.1) is 0 Å². The molecule has 2 aliphatic rings. The summed E-state index contributed by atoms with van der Waals surface area (Å²) in [6, 6.07) is -0.297. The molecular formula is C23H43FN4O2. The van der Waals surface area contributed by atoms with Crippen molar-refractivity contribution >= 4 is 11.8 Å². The first-order chi connectivity index (χ1) is 14.5. The Morgan fingerprint density at radius 2 is 1.97 bits per heavy atom. The van der Waals surface area contributed by atoms with Crippen LogP contribution in [0.1, 0.15) is 90.4 Å². The summed E-state index contributed by atoms with van der Waals surface area (Å²) in [5.41, 5.74) is 7.24. The molecule has 0 bridgehead atoms. The van der Waals surface area contributed by atoms with Crippen molar-refractivity contribution in [2.45, 2.75) is 102 Å². The van der Waals surface area contributed by atoms with Crippen molar-refractivity contribution in [1.29, 1.82) is 0 Å². The third-order valence-corrected chi connectivity index (χ3v) is 6.78. The van der Waals surface area contributed by atoms with E-state index >= 15 is 4.39 Å². The van der Waals surface area contributed by atoms with Gasteiger partial charge in [0.25, 0.3) is 0 Å². The topological polar surface area (TPSA) is 88.7 Å². The van der Waals surface area contributed by atoms with Gasteiger partial charge in [0.1, 0.15) is 17.5 Å². The predicted molar refractivity (Wildman–Crippen MR) is 120 cm³/mol. The third-order valence-electron chi connectivity index (χ3n) is 6.78. The molecule has 4 N–H and O–H groups in total. The highest BCUT2D eigenvalue weighted by Crippen LogP contribution is 2.44. The van der Waals surface area contributed by atoms with Crippen LogP contribution in [-0.2, 0) is 9.53 Å². The first-order valence-corrected chi connectivity index (χ1v) is 12.0. The fourth-order valence-corrected chi connectivity index (χ4v) is 4.93. The minimum absolute atomic E-state index is 0.167. The molecular weight excluding hydrogens is 383 g/mol. The molecule has 1 saturated carbocycles. The van der Waals surface area contributed by atoms with Crippen LogP contribution in [0.15, 0.2) is 5.10 Å². The maximum atomic E-state index is 15.4. The van der Waals surface area contributed by atoms with Gasteiger partial charge in [-0.1, -0.05) is 45.4 Å². The van der Waals surface area contributed by atoms with E-state index in [-0.39, 0.29) is 17.9 Å². The summed E-state index contributed by atoms with van der Waals surface area (Å²) in [4.78, 5) is 12.5. The van der Waals surface area contributed by atoms with E-state index in [0.29, 0.717) is 50.5 Å². The third kappa shape index (κ3) is 8.40. The first-order valence-electron chi connectivity index (χ1n) is 12.0. The van der Waals surface area contributed by atoms with Crippen LogP contribution in [0.2, 0.25) is 0 Å². The molecule has 0 spiro atoms. The Labute approximate surface area is 182 Å². The number of carbonyl (C=O) groups is 1. The van der Waals surface area contributed by atoms with E-state index in [1.165, 1.54) is 32.1 Å². The monoisotopic (exact) mass is 426 g/mol. The fourth-order valence-electron chi connectivity index (χ4n) is 4.93. The normalized spacial score (nSPS) is 29.3. The summed E-state index contributed by atoms with van der Waals surface area (Å²) < 4.78 is 20.9. The molecule has 2 fully saturated rings. The van der Waals surface area contributed by atoms with Gasteiger partial charge in [0.15, 0.2) is 0 Å². The summed E-state index contributed by atoms with van der Waals surface area (Å²) in [6.45, 7) is 3.50. The van der Waals surface area contributed by atoms with Crippen molar-refractivity contribution in [3.63, 3.8) is 0 Å². The average Bonchev–Trinajstić information content (AvgIpc) is 2.74. The van der Waals surface area contributed by atoms with Crippen LogP contribution in [0, 0.1) is 11.8 Å². The number of halogens is 1. The Morgan fingerprint density at radius 1 is 1.23 bits per heavy atom. The summed E-state index contributed by atoms with van der Waals surface area (Å²) in [5.74, 6) is 0.946. The predicted octanol–water partition coefficient (Wildman–Crippen LogP) is 4.04. The van der Waals surface area contributed by atoms with Gasteiger partial charge in [0.05, 0.1) is 6.61 Å². The van der Waals surface area contributed by atoms with Crippen LogP contribution in [-0.4, -0.2) is 43.7 Å². The molecule has 0 radical (unpaired) electrons. The highest BCUT2D eigenvalue weighted by molar-refractivity contribution is 5.80. The second-order valence-electron chi connectivity index (χ2n) is 9.23. The van der Waals surface area contributed by atoms with Crippen LogP contribution in [0.25, 0.3) is 0 Å². The molecule has 1 heterocycles. The van der Waals surface area contributed by atoms with Gasteiger partial charge in [-0.25, -0.2) is 4.39 Å². The largest absolute Gasteiger partial charge is 0.465 e. The van der Waals surface area contributed by atoms with Crippen molar-refractivity contribution in [3.8, 4) is 0 Å². The summed E-state index contributed by atoms with van der Waals surface area (Å²) >= 11 is 0. The fraction of sp³-hybridized carbons (Fsp3) is 0.913. The van der Waals surface area contributed by atoms with E-state index in [4.69, 9.17) is 10.5 Å². The Kier molecular flexibility index (Phi) is 10.9. The minimum atomic E-state index is -1.21. The van der Waals surface area contributed by atoms with Crippen LogP contribution in [0.5, 0.6) is 0 Å². The van der Waals surface area contributed by atoms with Crippen molar-refractivity contribution < 1.29 is 13.9 Å². The van der Waals surface area contributed by atoms with E-state index in [9.17, 15) is 4.79 Å². The number of nitrogens with one attached hydrogen (secondary N) is 2. The molecule has 30 heavy (non-hydrogen) atoms. The number of piperidine rings is 1. The number of hydrogen-bond acceptors (Lipinski definition) is 5. The number of esters is 1. The number of fused-ring (bicyclic) bond motifs is 1. The lowest BCUT2D eigenvalue weighted by Gasteiger charge is -2.44. The molecule has 2 rings (SSSR count). The number of rotatable bonds is 13. The lowest BCUT2D eigenvalue weighted by Crippen LogP contribution is -2.52. The maximum Gasteiger partial charge on any atom is 0.323 e. The molecule has 0 aromatic carbocycles. The summed E-state index contributed by atoms with van der Waals surface area (Å²) in [7, 11) is 1.69. The molecule has 3 unspecified atom stereocenters. The molecule has 6 nitrogen and oxygen atoms in total. The second kappa shape index (κ2) is 13.1. The van der Waals surface area contributed by atoms with Gasteiger partial charge >= 0.3 is 5.97 Å². The Bertz CT molecular complexity index is 545. The van der Waals surface area contributed by atoms with Crippen molar-refractivity contribution in [1.82, 2.24) is 10.7 Å². The number of nitrogens with zero attached hydrogens (tertiary/aromatic N) is 1. The van der Waals surface area contributed by atoms with Crippen LogP contribution < -0.4 is 16.5 Å². The molecule has 1 aliphatic carbocycles. The molecule has 0 aromatic rings. The SMILES string of the molecule is CCCCCCCCCOC(=O)C1CC2C[C@@](F)(CC/C(N)=N/NC)CCC2CN1. The van der Waals surface area contributed by atoms with Gasteiger partial charge in [0, 0.05) is 13.5 Å². The van der Waals surface area contributed by atoms with Crippen molar-refractivity contribution in [3.05, 3.63) is 0 Å². The number of carbonyl (C=O) groups excluding carboxylic acids is 1. The Morgan fingerprint density at radius 3 is 2.70 bits per heavy atom. The number of amidine groups is 1. The van der Waals surface area contributed by atoms with Gasteiger partial charge in [-0.3, -0.25) is 4.79 Å². The molecule has 1 saturated heterocycles. The zero-order valence-electron chi connectivity index (χ0n) is 19.1. The molecule has 4 atom stereocenters. The van der Waals surface area contributed by atoms with Crippen molar-refractivity contribution in [2.24, 2.45) is 22.7 Å². The number of nitrogens with two attached hydrogens (primary N) is 1. The molecule has 1 aliphatic heterocycles. The van der Waals surface area contributed by atoms with Gasteiger partial charge < -0.3 is 21.2 Å². The maximum absolute atomic E-state index is 15.4. The van der Waals surface area contributed by atoms with Gasteiger partial charge in [-0.05, 0) is 56.9 Å². The van der Waals surface area contributed by atoms with Gasteiger partial charge in [0.2, 0.25) is 0 Å². The molecule has 7 heteroatoms. The Balaban J connectivity index is 1.69. The number of hydrazone groups is 1. The lowest BCUT2D eigenvalue weighted by molar-refractivity contribution is -0.148. The number of hydrogen-bond donors (Lipinski definition) is 3. The average molecular weight is 427 g/mol. The number of unbranched alkanes of at least 4 members (excludes halogenated alkanes) is 6. The lowest BCUT2D eigenvalue weighted by atomic mass is 9.67. The standard InChI is InChI=1S/C23H43FN4O2/c1-3-4-5-6-7-8-9-14-30-22(29)20-15-19-16-23(24,12-10-18(19)17-27-20)13-11-21(25)28-26-2/h18-20,26-27H,3-17H2,1-2H3,(H2,25,28)/t18?,19?,20?,23-/m0/s1. The summed E-state index contributed by atoms with van der Waals surface area (Å²) in [6.07, 6.45) is 11.9. The van der Waals surface area contributed by atoms with Gasteiger partial charge in [-0.2, -0.15) is 5.10 Å². The number of ether oxygens (including phenoxy) is 1. The van der Waals surface area contributed by atoms with E-state index < -0.39 is 5.67 Å². The Hall–Kier alpha value is -1.37. The highest BCUT2D eigenvalue weighted by atomic mass is 19.1. The minimum Gasteiger partial charge on any atom is -0.465 e. The highest BCUT2D eigenvalue weighted by Gasteiger charge is 2.44. The zero-order chi connectivity index (χ0) is 21.8. The van der Waals surface area contributed by atoms with Crippen LogP contribution in [0.4, 0.5) is 4.39 Å². The van der Waals surface area contributed by atoms with E-state index in [2.05, 4.69) is 22.8 Å². The van der Waals surface area contributed by atoms with E-state index in [1.807, 2.05) is 0 Å². The van der Waals surface area contributed by atoms with E-state index in [0.717, 1.165) is 25.8 Å². The van der Waals surface area contributed by atoms with Crippen LogP contribution in [0.3, 0.4) is 0 Å². The molecule has 174 valence electrons. The molecule has 0 aromatic heterocycles. The number of alkyl halides is 1. The van der Waals surface area contributed by atoms with Crippen molar-refractivity contribution in [2.75, 3.05) is 20.2 Å². The quantitative estimate of drug-likeness (QED) is 0.136.